The molecule has 0 radical (unpaired) electrons. The van der Waals surface area contributed by atoms with Crippen molar-refractivity contribution in [3.05, 3.63) is 0 Å². The van der Waals surface area contributed by atoms with Gasteiger partial charge in [-0.15, -0.1) is 0 Å². The Balaban J connectivity index is 3.88. The smallest absolute Gasteiger partial charge is 0.323 e. The maximum Gasteiger partial charge on any atom is 0.323 e. The average Bonchev–Trinajstić information content (AvgIpc) is 2.44. The zero-order chi connectivity index (χ0) is 16.8. The van der Waals surface area contributed by atoms with Crippen molar-refractivity contribution >= 4 is 5.97 Å². The molecular weight excluding hydrogens is 282 g/mol. The van der Waals surface area contributed by atoms with Gasteiger partial charge in [-0.1, -0.05) is 39.5 Å². The largest absolute Gasteiger partial charge is 0.480 e. The number of carboxylic acids is 1. The molecule has 0 rings (SSSR count). The highest BCUT2D eigenvalue weighted by atomic mass is 16.5. The Morgan fingerprint density at radius 2 is 1.68 bits per heavy atom. The van der Waals surface area contributed by atoms with Crippen LogP contribution in [0.3, 0.4) is 0 Å². The van der Waals surface area contributed by atoms with Crippen LogP contribution in [0.2, 0.25) is 0 Å². The Morgan fingerprint density at radius 3 is 2.23 bits per heavy atom. The van der Waals surface area contributed by atoms with Crippen molar-refractivity contribution in [1.29, 1.82) is 0 Å². The van der Waals surface area contributed by atoms with E-state index in [0.717, 1.165) is 32.3 Å². The molecule has 0 aromatic rings. The van der Waals surface area contributed by atoms with Gasteiger partial charge in [-0.3, -0.25) is 9.69 Å². The van der Waals surface area contributed by atoms with Crippen molar-refractivity contribution in [2.45, 2.75) is 70.9 Å². The SMILES string of the molecule is CCCCCCOCCCOC(CCC)C(C(=O)O)N(C)C. The molecule has 0 aromatic heterocycles. The Bertz CT molecular complexity index is 271. The zero-order valence-electron chi connectivity index (χ0n) is 14.8. The maximum atomic E-state index is 11.4. The van der Waals surface area contributed by atoms with Crippen LogP contribution in [0, 0.1) is 0 Å². The van der Waals surface area contributed by atoms with Crippen LogP contribution in [-0.4, -0.2) is 62.0 Å². The molecule has 2 unspecified atom stereocenters. The van der Waals surface area contributed by atoms with Gasteiger partial charge in [0.05, 0.1) is 6.10 Å². The van der Waals surface area contributed by atoms with Crippen LogP contribution in [0.25, 0.3) is 0 Å². The Hall–Kier alpha value is -0.650. The molecule has 132 valence electrons. The van der Waals surface area contributed by atoms with E-state index in [2.05, 4.69) is 6.92 Å². The van der Waals surface area contributed by atoms with Crippen LogP contribution < -0.4 is 0 Å². The molecule has 22 heavy (non-hydrogen) atoms. The van der Waals surface area contributed by atoms with Crippen LogP contribution in [0.1, 0.15) is 58.8 Å². The number of ether oxygens (including phenoxy) is 2. The molecule has 1 N–H and O–H groups in total. The number of carbonyl (C=O) groups is 1. The molecule has 0 heterocycles. The van der Waals surface area contributed by atoms with Crippen molar-refractivity contribution in [1.82, 2.24) is 4.90 Å². The first-order valence-corrected chi connectivity index (χ1v) is 8.63. The lowest BCUT2D eigenvalue weighted by atomic mass is 10.1. The second kappa shape index (κ2) is 14.0. The molecule has 0 fully saturated rings. The van der Waals surface area contributed by atoms with Crippen molar-refractivity contribution < 1.29 is 19.4 Å². The summed E-state index contributed by atoms with van der Waals surface area (Å²) in [6.45, 7) is 6.29. The van der Waals surface area contributed by atoms with Crippen LogP contribution in [0.15, 0.2) is 0 Å². The minimum Gasteiger partial charge on any atom is -0.480 e. The van der Waals surface area contributed by atoms with E-state index in [9.17, 15) is 9.90 Å². The van der Waals surface area contributed by atoms with E-state index in [4.69, 9.17) is 9.47 Å². The highest BCUT2D eigenvalue weighted by Crippen LogP contribution is 2.12. The summed E-state index contributed by atoms with van der Waals surface area (Å²) in [7, 11) is 3.56. The van der Waals surface area contributed by atoms with Gasteiger partial charge in [0.2, 0.25) is 0 Å². The van der Waals surface area contributed by atoms with Crippen LogP contribution in [-0.2, 0) is 14.3 Å². The summed E-state index contributed by atoms with van der Waals surface area (Å²) in [6.07, 6.45) is 7.08. The summed E-state index contributed by atoms with van der Waals surface area (Å²) in [5.41, 5.74) is 0. The molecule has 2 atom stereocenters. The van der Waals surface area contributed by atoms with E-state index < -0.39 is 12.0 Å². The number of carboxylic acid groups (broad SMARTS) is 1. The molecule has 5 heteroatoms. The van der Waals surface area contributed by atoms with Crippen molar-refractivity contribution in [2.75, 3.05) is 33.9 Å². The minimum absolute atomic E-state index is 0.262. The van der Waals surface area contributed by atoms with Crippen LogP contribution in [0.5, 0.6) is 0 Å². The van der Waals surface area contributed by atoms with E-state index in [1.54, 1.807) is 19.0 Å². The highest BCUT2D eigenvalue weighted by Gasteiger charge is 2.30. The van der Waals surface area contributed by atoms with Crippen molar-refractivity contribution in [2.24, 2.45) is 0 Å². The molecule has 0 saturated heterocycles. The highest BCUT2D eigenvalue weighted by molar-refractivity contribution is 5.74. The van der Waals surface area contributed by atoms with Gasteiger partial charge >= 0.3 is 5.97 Å². The predicted octanol–water partition coefficient (Wildman–Crippen LogP) is 3.17. The second-order valence-corrected chi connectivity index (χ2v) is 5.97. The molecule has 0 aliphatic heterocycles. The Morgan fingerprint density at radius 1 is 1.00 bits per heavy atom. The molecule has 0 saturated carbocycles. The lowest BCUT2D eigenvalue weighted by Gasteiger charge is -2.29. The summed E-state index contributed by atoms with van der Waals surface area (Å²) in [4.78, 5) is 13.1. The fraction of sp³-hybridized carbons (Fsp3) is 0.941. The molecule has 5 nitrogen and oxygen atoms in total. The van der Waals surface area contributed by atoms with E-state index in [1.807, 2.05) is 6.92 Å². The maximum absolute atomic E-state index is 11.4. The molecule has 0 bridgehead atoms. The first-order chi connectivity index (χ1) is 10.5. The topological polar surface area (TPSA) is 59.0 Å². The number of unbranched alkanes of at least 4 members (excludes halogenated alkanes) is 3. The quantitative estimate of drug-likeness (QED) is 0.470. The van der Waals surface area contributed by atoms with Gasteiger partial charge < -0.3 is 14.6 Å². The summed E-state index contributed by atoms with van der Waals surface area (Å²) in [6, 6.07) is -0.588. The zero-order valence-corrected chi connectivity index (χ0v) is 14.8. The molecule has 0 aromatic carbocycles. The van der Waals surface area contributed by atoms with E-state index >= 15 is 0 Å². The Kier molecular flexibility index (Phi) is 13.6. The average molecular weight is 317 g/mol. The molecule has 0 amide bonds. The van der Waals surface area contributed by atoms with Crippen LogP contribution >= 0.6 is 0 Å². The summed E-state index contributed by atoms with van der Waals surface area (Å²) < 4.78 is 11.4. The van der Waals surface area contributed by atoms with Gasteiger partial charge in [-0.05, 0) is 33.4 Å². The van der Waals surface area contributed by atoms with E-state index in [0.29, 0.717) is 13.2 Å². The van der Waals surface area contributed by atoms with Gasteiger partial charge in [0.25, 0.3) is 0 Å². The van der Waals surface area contributed by atoms with Gasteiger partial charge in [-0.2, -0.15) is 0 Å². The molecule has 0 aliphatic rings. The number of likely N-dealkylation sites (N-methyl/N-ethyl adjacent to an activating group) is 1. The summed E-state index contributed by atoms with van der Waals surface area (Å²) in [5.74, 6) is -0.823. The molecular formula is C17H35NO4. The van der Waals surface area contributed by atoms with Gasteiger partial charge in [-0.25, -0.2) is 0 Å². The third-order valence-electron chi connectivity index (χ3n) is 3.64. The number of rotatable bonds is 15. The summed E-state index contributed by atoms with van der Waals surface area (Å²) >= 11 is 0. The lowest BCUT2D eigenvalue weighted by molar-refractivity contribution is -0.148. The predicted molar refractivity (Wildman–Crippen MR) is 89.3 cm³/mol. The molecule has 0 spiro atoms. The third-order valence-corrected chi connectivity index (χ3v) is 3.64. The number of nitrogens with zero attached hydrogens (tertiary/aromatic N) is 1. The lowest BCUT2D eigenvalue weighted by Crippen LogP contribution is -2.46. The van der Waals surface area contributed by atoms with Crippen molar-refractivity contribution in [3.8, 4) is 0 Å². The number of hydrogen-bond donors (Lipinski definition) is 1. The van der Waals surface area contributed by atoms with Gasteiger partial charge in [0, 0.05) is 19.8 Å². The standard InChI is InChI=1S/C17H35NO4/c1-5-7-8-9-12-21-13-10-14-22-15(11-6-2)16(17(19)20)18(3)4/h15-16H,5-14H2,1-4H3,(H,19,20). The minimum atomic E-state index is -0.823. The van der Waals surface area contributed by atoms with Gasteiger partial charge in [0.15, 0.2) is 0 Å². The Labute approximate surface area is 136 Å². The van der Waals surface area contributed by atoms with Crippen molar-refractivity contribution in [3.63, 3.8) is 0 Å². The van der Waals surface area contributed by atoms with Gasteiger partial charge in [0.1, 0.15) is 6.04 Å². The number of aliphatic carboxylic acids is 1. The first-order valence-electron chi connectivity index (χ1n) is 8.63. The summed E-state index contributed by atoms with van der Waals surface area (Å²) in [5, 5.41) is 9.34. The fourth-order valence-corrected chi connectivity index (χ4v) is 2.46. The third kappa shape index (κ3) is 10.1. The van der Waals surface area contributed by atoms with Crippen LogP contribution in [0.4, 0.5) is 0 Å². The number of hydrogen-bond acceptors (Lipinski definition) is 4. The normalized spacial score (nSPS) is 14.2. The fourth-order valence-electron chi connectivity index (χ4n) is 2.46. The van der Waals surface area contributed by atoms with E-state index in [-0.39, 0.29) is 6.10 Å². The van der Waals surface area contributed by atoms with E-state index in [1.165, 1.54) is 19.3 Å². The molecule has 0 aliphatic carbocycles. The first kappa shape index (κ1) is 21.4. The second-order valence-electron chi connectivity index (χ2n) is 5.97. The monoisotopic (exact) mass is 317 g/mol.